The van der Waals surface area contributed by atoms with E-state index in [0.717, 1.165) is 28.2 Å². The second-order valence-corrected chi connectivity index (χ2v) is 7.63. The second-order valence-electron chi connectivity index (χ2n) is 7.22. The van der Waals surface area contributed by atoms with Crippen LogP contribution in [0.2, 0.25) is 5.02 Å². The third-order valence-corrected chi connectivity index (χ3v) is 5.34. The van der Waals surface area contributed by atoms with Crippen molar-refractivity contribution < 1.29 is 18.4 Å². The SMILES string of the molecule is Cc1ccc(C2=C(Nc3ccc(F)c(F)c3)C(=O)N(c3ccccc3Cl)C2=O)c(C)c1. The molecule has 0 spiro atoms. The van der Waals surface area contributed by atoms with Gasteiger partial charge in [0.05, 0.1) is 16.3 Å². The van der Waals surface area contributed by atoms with Crippen LogP contribution in [0.3, 0.4) is 0 Å². The first-order valence-electron chi connectivity index (χ1n) is 9.45. The summed E-state index contributed by atoms with van der Waals surface area (Å²) in [6, 6.07) is 15.2. The molecule has 1 aliphatic rings. The Morgan fingerprint density at radius 1 is 0.871 bits per heavy atom. The van der Waals surface area contributed by atoms with E-state index in [2.05, 4.69) is 5.32 Å². The minimum atomic E-state index is -1.07. The third kappa shape index (κ3) is 3.70. The monoisotopic (exact) mass is 438 g/mol. The van der Waals surface area contributed by atoms with Gasteiger partial charge in [-0.1, -0.05) is 47.5 Å². The predicted octanol–water partition coefficient (Wildman–Crippen LogP) is 5.63. The molecular formula is C24H17ClF2N2O2. The maximum absolute atomic E-state index is 13.7. The highest BCUT2D eigenvalue weighted by atomic mass is 35.5. The summed E-state index contributed by atoms with van der Waals surface area (Å²) in [6.07, 6.45) is 0. The largest absolute Gasteiger partial charge is 0.350 e. The molecule has 3 aromatic rings. The number of hydrogen-bond donors (Lipinski definition) is 1. The molecule has 4 nitrogen and oxygen atoms in total. The first-order chi connectivity index (χ1) is 14.8. The van der Waals surface area contributed by atoms with Crippen LogP contribution in [0.5, 0.6) is 0 Å². The number of aryl methyl sites for hydroxylation is 2. The molecule has 1 aliphatic heterocycles. The van der Waals surface area contributed by atoms with Gasteiger partial charge in [0.1, 0.15) is 5.70 Å². The molecule has 3 aromatic carbocycles. The molecule has 2 amide bonds. The van der Waals surface area contributed by atoms with E-state index in [1.54, 1.807) is 30.3 Å². The number of nitrogens with zero attached hydrogens (tertiary/aromatic N) is 1. The Bertz CT molecular complexity index is 1270. The summed E-state index contributed by atoms with van der Waals surface area (Å²) >= 11 is 6.25. The number of anilines is 2. The van der Waals surface area contributed by atoms with E-state index in [-0.39, 0.29) is 27.7 Å². The van der Waals surface area contributed by atoms with Crippen molar-refractivity contribution in [2.45, 2.75) is 13.8 Å². The maximum Gasteiger partial charge on any atom is 0.282 e. The first-order valence-corrected chi connectivity index (χ1v) is 9.83. The Kier molecular flexibility index (Phi) is 5.33. The third-order valence-electron chi connectivity index (χ3n) is 5.02. The normalized spacial score (nSPS) is 13.9. The molecule has 0 fully saturated rings. The molecular weight excluding hydrogens is 422 g/mol. The number of carbonyl (C=O) groups excluding carboxylic acids is 2. The van der Waals surface area contributed by atoms with Gasteiger partial charge < -0.3 is 5.32 Å². The van der Waals surface area contributed by atoms with E-state index < -0.39 is 23.4 Å². The highest BCUT2D eigenvalue weighted by Crippen LogP contribution is 2.37. The molecule has 4 rings (SSSR count). The van der Waals surface area contributed by atoms with Crippen molar-refractivity contribution in [2.75, 3.05) is 10.2 Å². The lowest BCUT2D eigenvalue weighted by atomic mass is 9.97. The number of imide groups is 1. The average Bonchev–Trinajstić information content (AvgIpc) is 2.95. The second kappa shape index (κ2) is 7.96. The number of amides is 2. The Labute approximate surface area is 182 Å². The van der Waals surface area contributed by atoms with Gasteiger partial charge in [0, 0.05) is 11.8 Å². The van der Waals surface area contributed by atoms with Gasteiger partial charge in [-0.15, -0.1) is 0 Å². The van der Waals surface area contributed by atoms with Gasteiger partial charge in [0.25, 0.3) is 11.8 Å². The highest BCUT2D eigenvalue weighted by molar-refractivity contribution is 6.48. The number of halogens is 3. The van der Waals surface area contributed by atoms with Crippen LogP contribution in [0.15, 0.2) is 66.4 Å². The Hall–Kier alpha value is -3.51. The first kappa shape index (κ1) is 20.8. The summed E-state index contributed by atoms with van der Waals surface area (Å²) in [5, 5.41) is 3.05. The fourth-order valence-electron chi connectivity index (χ4n) is 3.56. The van der Waals surface area contributed by atoms with Crippen molar-refractivity contribution in [1.29, 1.82) is 0 Å². The molecule has 0 bridgehead atoms. The van der Waals surface area contributed by atoms with Gasteiger partial charge in [-0.05, 0) is 49.2 Å². The van der Waals surface area contributed by atoms with Gasteiger partial charge in [0.15, 0.2) is 11.6 Å². The fourth-order valence-corrected chi connectivity index (χ4v) is 3.78. The lowest BCUT2D eigenvalue weighted by molar-refractivity contribution is -0.120. The van der Waals surface area contributed by atoms with Gasteiger partial charge in [-0.2, -0.15) is 0 Å². The molecule has 0 aromatic heterocycles. The van der Waals surface area contributed by atoms with E-state index in [4.69, 9.17) is 11.6 Å². The summed E-state index contributed by atoms with van der Waals surface area (Å²) in [4.78, 5) is 27.8. The Morgan fingerprint density at radius 3 is 2.29 bits per heavy atom. The van der Waals surface area contributed by atoms with Crippen LogP contribution in [0.1, 0.15) is 16.7 Å². The van der Waals surface area contributed by atoms with Crippen molar-refractivity contribution >= 4 is 40.4 Å². The summed E-state index contributed by atoms with van der Waals surface area (Å²) in [5.41, 5.74) is 2.82. The number of nitrogens with one attached hydrogen (secondary N) is 1. The van der Waals surface area contributed by atoms with Crippen LogP contribution in [0, 0.1) is 25.5 Å². The van der Waals surface area contributed by atoms with E-state index in [9.17, 15) is 18.4 Å². The molecule has 1 heterocycles. The molecule has 0 aliphatic carbocycles. The number of hydrogen-bond acceptors (Lipinski definition) is 3. The van der Waals surface area contributed by atoms with Crippen LogP contribution in [0.4, 0.5) is 20.2 Å². The molecule has 0 unspecified atom stereocenters. The number of benzene rings is 3. The van der Waals surface area contributed by atoms with Crippen molar-refractivity contribution in [3.8, 4) is 0 Å². The standard InChI is InChI=1S/C24H17ClF2N2O2/c1-13-7-9-16(14(2)11-13)21-22(28-15-8-10-18(26)19(27)12-15)24(31)29(23(21)30)20-6-4-3-5-17(20)25/h3-12,28H,1-2H3. The number of carbonyl (C=O) groups is 2. The smallest absolute Gasteiger partial charge is 0.282 e. The Balaban J connectivity index is 1.88. The van der Waals surface area contributed by atoms with Crippen LogP contribution in [-0.2, 0) is 9.59 Å². The number of para-hydroxylation sites is 1. The minimum absolute atomic E-state index is 0.0390. The molecule has 31 heavy (non-hydrogen) atoms. The van der Waals surface area contributed by atoms with Crippen LogP contribution in [-0.4, -0.2) is 11.8 Å². The average molecular weight is 439 g/mol. The van der Waals surface area contributed by atoms with Crippen LogP contribution < -0.4 is 10.2 Å². The highest BCUT2D eigenvalue weighted by Gasteiger charge is 2.41. The zero-order valence-corrected chi connectivity index (χ0v) is 17.4. The lowest BCUT2D eigenvalue weighted by Crippen LogP contribution is -2.32. The molecule has 0 saturated carbocycles. The van der Waals surface area contributed by atoms with Gasteiger partial charge in [0.2, 0.25) is 0 Å². The maximum atomic E-state index is 13.7. The van der Waals surface area contributed by atoms with E-state index in [1.807, 2.05) is 26.0 Å². The zero-order chi connectivity index (χ0) is 22.3. The fraction of sp³-hybridized carbons (Fsp3) is 0.0833. The molecule has 1 N–H and O–H groups in total. The molecule has 0 saturated heterocycles. The quantitative estimate of drug-likeness (QED) is 0.537. The van der Waals surface area contributed by atoms with Crippen molar-refractivity contribution in [3.05, 3.63) is 99.7 Å². The zero-order valence-electron chi connectivity index (χ0n) is 16.7. The summed E-state index contributed by atoms with van der Waals surface area (Å²) in [6.45, 7) is 3.75. The van der Waals surface area contributed by atoms with Crippen LogP contribution in [0.25, 0.3) is 5.57 Å². The van der Waals surface area contributed by atoms with E-state index in [0.29, 0.717) is 5.56 Å². The van der Waals surface area contributed by atoms with Gasteiger partial charge in [-0.25, -0.2) is 13.7 Å². The molecule has 156 valence electrons. The summed E-state index contributed by atoms with van der Waals surface area (Å²) < 4.78 is 27.1. The van der Waals surface area contributed by atoms with E-state index >= 15 is 0 Å². The van der Waals surface area contributed by atoms with Crippen molar-refractivity contribution in [3.63, 3.8) is 0 Å². The van der Waals surface area contributed by atoms with Crippen molar-refractivity contribution in [1.82, 2.24) is 0 Å². The van der Waals surface area contributed by atoms with Crippen LogP contribution >= 0.6 is 11.6 Å². The summed E-state index contributed by atoms with van der Waals surface area (Å²) in [7, 11) is 0. The Morgan fingerprint density at radius 2 is 1.61 bits per heavy atom. The molecule has 7 heteroatoms. The molecule has 0 radical (unpaired) electrons. The van der Waals surface area contributed by atoms with Gasteiger partial charge in [-0.3, -0.25) is 9.59 Å². The topological polar surface area (TPSA) is 49.4 Å². The number of rotatable bonds is 4. The van der Waals surface area contributed by atoms with E-state index in [1.165, 1.54) is 6.07 Å². The molecule has 0 atom stereocenters. The lowest BCUT2D eigenvalue weighted by Gasteiger charge is -2.17. The van der Waals surface area contributed by atoms with Crippen molar-refractivity contribution in [2.24, 2.45) is 0 Å². The van der Waals surface area contributed by atoms with Gasteiger partial charge >= 0.3 is 0 Å². The summed E-state index contributed by atoms with van der Waals surface area (Å²) in [5.74, 6) is -3.29. The predicted molar refractivity (Wildman–Crippen MR) is 117 cm³/mol. The minimum Gasteiger partial charge on any atom is -0.350 e.